The molecule has 106 valence electrons. The summed E-state index contributed by atoms with van der Waals surface area (Å²) >= 11 is 0. The van der Waals surface area contributed by atoms with Crippen molar-refractivity contribution in [1.82, 2.24) is 0 Å². The minimum atomic E-state index is 0.870. The van der Waals surface area contributed by atoms with Gasteiger partial charge in [-0.1, -0.05) is 87.5 Å². The standard InChI is InChI=1S/C15H32.C2H6/c1-7-13(4)9-11-15(6)14(5)10-8-12(2)3;1-2/h12-15H,7-11H2,1-6H3;1-2H3. The Morgan fingerprint density at radius 2 is 1.06 bits per heavy atom. The van der Waals surface area contributed by atoms with Gasteiger partial charge in [0.05, 0.1) is 0 Å². The Bertz CT molecular complexity index is 137. The van der Waals surface area contributed by atoms with Gasteiger partial charge in [0.15, 0.2) is 0 Å². The largest absolute Gasteiger partial charge is 0.0683 e. The van der Waals surface area contributed by atoms with Gasteiger partial charge in [-0.3, -0.25) is 0 Å². The highest BCUT2D eigenvalue weighted by Crippen LogP contribution is 2.25. The zero-order valence-corrected chi connectivity index (χ0v) is 13.8. The van der Waals surface area contributed by atoms with Crippen molar-refractivity contribution in [2.45, 2.75) is 87.5 Å². The van der Waals surface area contributed by atoms with Crippen molar-refractivity contribution in [3.05, 3.63) is 0 Å². The molecule has 0 amide bonds. The molecule has 3 unspecified atom stereocenters. The van der Waals surface area contributed by atoms with Gasteiger partial charge in [-0.05, 0) is 23.7 Å². The van der Waals surface area contributed by atoms with E-state index in [4.69, 9.17) is 0 Å². The Kier molecular flexibility index (Phi) is 14.2. The molecule has 0 heterocycles. The van der Waals surface area contributed by atoms with E-state index in [-0.39, 0.29) is 0 Å². The fourth-order valence-electron chi connectivity index (χ4n) is 1.92. The third-order valence-corrected chi connectivity index (χ3v) is 3.98. The molecule has 0 bridgehead atoms. The van der Waals surface area contributed by atoms with E-state index >= 15 is 0 Å². The molecular formula is C17H38. The van der Waals surface area contributed by atoms with Gasteiger partial charge < -0.3 is 0 Å². The van der Waals surface area contributed by atoms with Crippen LogP contribution in [-0.4, -0.2) is 0 Å². The Morgan fingerprint density at radius 1 is 0.647 bits per heavy atom. The zero-order valence-electron chi connectivity index (χ0n) is 13.8. The van der Waals surface area contributed by atoms with Crippen molar-refractivity contribution in [3.63, 3.8) is 0 Å². The summed E-state index contributed by atoms with van der Waals surface area (Å²) in [6.45, 7) is 18.2. The molecule has 0 N–H and O–H groups in total. The third-order valence-electron chi connectivity index (χ3n) is 3.98. The van der Waals surface area contributed by atoms with Crippen LogP contribution >= 0.6 is 0 Å². The van der Waals surface area contributed by atoms with E-state index in [1.165, 1.54) is 32.1 Å². The van der Waals surface area contributed by atoms with Crippen LogP contribution < -0.4 is 0 Å². The lowest BCUT2D eigenvalue weighted by molar-refractivity contribution is 0.298. The molecule has 0 aliphatic heterocycles. The van der Waals surface area contributed by atoms with Crippen molar-refractivity contribution in [1.29, 1.82) is 0 Å². The van der Waals surface area contributed by atoms with Crippen LogP contribution in [0.15, 0.2) is 0 Å². The fourth-order valence-corrected chi connectivity index (χ4v) is 1.92. The van der Waals surface area contributed by atoms with Crippen LogP contribution in [0.25, 0.3) is 0 Å². The van der Waals surface area contributed by atoms with E-state index in [1.54, 1.807) is 0 Å². The molecule has 0 heteroatoms. The topological polar surface area (TPSA) is 0 Å². The molecule has 0 aliphatic carbocycles. The molecule has 3 atom stereocenters. The van der Waals surface area contributed by atoms with Crippen LogP contribution in [-0.2, 0) is 0 Å². The molecule has 0 rings (SSSR count). The summed E-state index contributed by atoms with van der Waals surface area (Å²) in [5.74, 6) is 3.62. The van der Waals surface area contributed by atoms with Gasteiger partial charge in [-0.2, -0.15) is 0 Å². The molecular weight excluding hydrogens is 204 g/mol. The van der Waals surface area contributed by atoms with Gasteiger partial charge in [0.1, 0.15) is 0 Å². The summed E-state index contributed by atoms with van der Waals surface area (Å²) in [6, 6.07) is 0. The molecule has 0 aromatic carbocycles. The summed E-state index contributed by atoms with van der Waals surface area (Å²) < 4.78 is 0. The van der Waals surface area contributed by atoms with Gasteiger partial charge in [0, 0.05) is 0 Å². The second-order valence-electron chi connectivity index (χ2n) is 6.02. The number of rotatable bonds is 8. The SMILES string of the molecule is CC.CCC(C)CCC(C)C(C)CCC(C)C. The first-order valence-electron chi connectivity index (χ1n) is 7.97. The molecule has 0 radical (unpaired) electrons. The first-order valence-corrected chi connectivity index (χ1v) is 7.97. The van der Waals surface area contributed by atoms with Crippen LogP contribution in [0.4, 0.5) is 0 Å². The molecule has 0 aromatic heterocycles. The minimum absolute atomic E-state index is 0.870. The fraction of sp³-hybridized carbons (Fsp3) is 1.00. The second-order valence-corrected chi connectivity index (χ2v) is 6.02. The lowest BCUT2D eigenvalue weighted by Gasteiger charge is -2.22. The smallest absolute Gasteiger partial charge is 0.0417 e. The molecule has 0 fully saturated rings. The van der Waals surface area contributed by atoms with Crippen LogP contribution in [0.5, 0.6) is 0 Å². The maximum Gasteiger partial charge on any atom is -0.0417 e. The van der Waals surface area contributed by atoms with Crippen molar-refractivity contribution in [2.75, 3.05) is 0 Å². The van der Waals surface area contributed by atoms with E-state index < -0.39 is 0 Å². The Morgan fingerprint density at radius 3 is 1.41 bits per heavy atom. The summed E-state index contributed by atoms with van der Waals surface area (Å²) in [7, 11) is 0. The Labute approximate surface area is 112 Å². The van der Waals surface area contributed by atoms with Crippen LogP contribution in [0.3, 0.4) is 0 Å². The van der Waals surface area contributed by atoms with Crippen LogP contribution in [0.1, 0.15) is 87.5 Å². The molecule has 0 aromatic rings. The first kappa shape index (κ1) is 19.3. The summed E-state index contributed by atoms with van der Waals surface area (Å²) in [5.41, 5.74) is 0. The first-order chi connectivity index (χ1) is 7.97. The predicted molar refractivity (Wildman–Crippen MR) is 82.4 cm³/mol. The van der Waals surface area contributed by atoms with Gasteiger partial charge in [-0.25, -0.2) is 0 Å². The molecule has 0 saturated heterocycles. The normalized spacial score (nSPS) is 16.1. The van der Waals surface area contributed by atoms with E-state index in [0.717, 1.165) is 23.7 Å². The van der Waals surface area contributed by atoms with Crippen LogP contribution in [0, 0.1) is 23.7 Å². The lowest BCUT2D eigenvalue weighted by Crippen LogP contribution is -2.10. The molecule has 0 nitrogen and oxygen atoms in total. The van der Waals surface area contributed by atoms with E-state index in [9.17, 15) is 0 Å². The quantitative estimate of drug-likeness (QED) is 0.453. The third kappa shape index (κ3) is 12.2. The van der Waals surface area contributed by atoms with Gasteiger partial charge in [0.2, 0.25) is 0 Å². The van der Waals surface area contributed by atoms with Crippen molar-refractivity contribution < 1.29 is 0 Å². The van der Waals surface area contributed by atoms with Crippen LogP contribution in [0.2, 0.25) is 0 Å². The Hall–Kier alpha value is 0. The maximum absolute atomic E-state index is 2.44. The van der Waals surface area contributed by atoms with Gasteiger partial charge in [-0.15, -0.1) is 0 Å². The van der Waals surface area contributed by atoms with Gasteiger partial charge >= 0.3 is 0 Å². The lowest BCUT2D eigenvalue weighted by atomic mass is 9.84. The number of hydrogen-bond acceptors (Lipinski definition) is 0. The molecule has 17 heavy (non-hydrogen) atoms. The maximum atomic E-state index is 2.44. The highest BCUT2D eigenvalue weighted by atomic mass is 14.2. The molecule has 0 saturated carbocycles. The van der Waals surface area contributed by atoms with E-state index in [1.807, 2.05) is 13.8 Å². The average Bonchev–Trinajstić information content (AvgIpc) is 2.34. The minimum Gasteiger partial charge on any atom is -0.0683 e. The second kappa shape index (κ2) is 12.5. The highest BCUT2D eigenvalue weighted by Gasteiger charge is 2.13. The molecule has 0 spiro atoms. The highest BCUT2D eigenvalue weighted by molar-refractivity contribution is 4.65. The Balaban J connectivity index is 0. The average molecular weight is 242 g/mol. The zero-order chi connectivity index (χ0) is 13.8. The van der Waals surface area contributed by atoms with E-state index in [0.29, 0.717) is 0 Å². The van der Waals surface area contributed by atoms with Crippen molar-refractivity contribution in [2.24, 2.45) is 23.7 Å². The van der Waals surface area contributed by atoms with Gasteiger partial charge in [0.25, 0.3) is 0 Å². The summed E-state index contributed by atoms with van der Waals surface area (Å²) in [5, 5.41) is 0. The molecule has 0 aliphatic rings. The summed E-state index contributed by atoms with van der Waals surface area (Å²) in [4.78, 5) is 0. The number of hydrogen-bond donors (Lipinski definition) is 0. The summed E-state index contributed by atoms with van der Waals surface area (Å²) in [6.07, 6.45) is 7.00. The van der Waals surface area contributed by atoms with Crippen molar-refractivity contribution >= 4 is 0 Å². The predicted octanol–water partition coefficient (Wildman–Crippen LogP) is 6.55. The van der Waals surface area contributed by atoms with Crippen molar-refractivity contribution in [3.8, 4) is 0 Å². The monoisotopic (exact) mass is 242 g/mol. The van der Waals surface area contributed by atoms with E-state index in [2.05, 4.69) is 41.5 Å².